The molecule has 4 aromatic rings. The first kappa shape index (κ1) is 26.1. The number of pyridine rings is 1. The van der Waals surface area contributed by atoms with E-state index in [0.717, 1.165) is 63.5 Å². The molecule has 0 bridgehead atoms. The molecule has 1 amide bonds. The van der Waals surface area contributed by atoms with Gasteiger partial charge in [-0.1, -0.05) is 67.3 Å². The Kier molecular flexibility index (Phi) is 8.08. The minimum absolute atomic E-state index is 0.106. The first-order chi connectivity index (χ1) is 17.9. The number of fused-ring (bicyclic) bond motifs is 1. The van der Waals surface area contributed by atoms with Crippen LogP contribution in [0.4, 0.5) is 0 Å². The van der Waals surface area contributed by atoms with Crippen LogP contribution in [-0.2, 0) is 13.0 Å². The normalized spacial score (nSPS) is 17.8. The van der Waals surface area contributed by atoms with Gasteiger partial charge in [0.05, 0.1) is 5.52 Å². The van der Waals surface area contributed by atoms with Crippen LogP contribution in [0.15, 0.2) is 81.9 Å². The number of para-hydroxylation sites is 1. The van der Waals surface area contributed by atoms with E-state index in [1.54, 1.807) is 0 Å². The summed E-state index contributed by atoms with van der Waals surface area (Å²) in [5.41, 5.74) is 6.52. The van der Waals surface area contributed by atoms with Crippen molar-refractivity contribution in [2.24, 2.45) is 0 Å². The van der Waals surface area contributed by atoms with Crippen molar-refractivity contribution in [1.29, 1.82) is 0 Å². The first-order valence-electron chi connectivity index (χ1n) is 12.8. The number of hydrogen-bond donors (Lipinski definition) is 1. The third-order valence-electron chi connectivity index (χ3n) is 7.16. The highest BCUT2D eigenvalue weighted by atomic mass is 79.9. The lowest BCUT2D eigenvalue weighted by Crippen LogP contribution is -2.51. The van der Waals surface area contributed by atoms with Crippen molar-refractivity contribution in [3.63, 3.8) is 0 Å². The summed E-state index contributed by atoms with van der Waals surface area (Å²) in [6.45, 7) is 5.63. The van der Waals surface area contributed by atoms with Gasteiger partial charge in [-0.25, -0.2) is 0 Å². The Balaban J connectivity index is 1.37. The summed E-state index contributed by atoms with van der Waals surface area (Å²) in [5.74, 6) is 0.129. The average Bonchev–Trinajstić information content (AvgIpc) is 2.86. The Labute approximate surface area is 235 Å². The molecule has 37 heavy (non-hydrogen) atoms. The second-order valence-corrected chi connectivity index (χ2v) is 11.9. The number of aryl methyl sites for hydroxylation is 2. The smallest absolute Gasteiger partial charge is 0.254 e. The van der Waals surface area contributed by atoms with E-state index in [2.05, 4.69) is 103 Å². The SMILES string of the molecule is Cc1cc(C)cc(C(=O)N2CC[C@H](NCc3ccnc4ccccc34)C[C@H]2Cc2cc(Br)cc(Br)c2)c1. The molecule has 190 valence electrons. The number of rotatable bonds is 6. The number of carbonyl (C=O) groups is 1. The lowest BCUT2D eigenvalue weighted by atomic mass is 9.91. The molecule has 2 atom stereocenters. The van der Waals surface area contributed by atoms with E-state index < -0.39 is 0 Å². The van der Waals surface area contributed by atoms with Gasteiger partial charge in [0, 0.05) is 51.3 Å². The van der Waals surface area contributed by atoms with Gasteiger partial charge >= 0.3 is 0 Å². The number of carbonyl (C=O) groups excluding carboxylic acids is 1. The fourth-order valence-electron chi connectivity index (χ4n) is 5.53. The average molecular weight is 621 g/mol. The largest absolute Gasteiger partial charge is 0.335 e. The summed E-state index contributed by atoms with van der Waals surface area (Å²) in [7, 11) is 0. The van der Waals surface area contributed by atoms with E-state index in [-0.39, 0.29) is 11.9 Å². The minimum Gasteiger partial charge on any atom is -0.335 e. The fraction of sp³-hybridized carbons (Fsp3) is 0.290. The number of hydrogen-bond acceptors (Lipinski definition) is 3. The van der Waals surface area contributed by atoms with Crippen molar-refractivity contribution in [2.45, 2.75) is 51.7 Å². The summed E-state index contributed by atoms with van der Waals surface area (Å²) in [6, 6.07) is 23.3. The molecule has 0 unspecified atom stereocenters. The van der Waals surface area contributed by atoms with Crippen molar-refractivity contribution >= 4 is 48.7 Å². The lowest BCUT2D eigenvalue weighted by molar-refractivity contribution is 0.0576. The Morgan fingerprint density at radius 3 is 2.49 bits per heavy atom. The van der Waals surface area contributed by atoms with Crippen LogP contribution in [0.2, 0.25) is 0 Å². The second kappa shape index (κ2) is 11.5. The summed E-state index contributed by atoms with van der Waals surface area (Å²) >= 11 is 7.26. The van der Waals surface area contributed by atoms with Crippen LogP contribution in [0, 0.1) is 13.8 Å². The van der Waals surface area contributed by atoms with Gasteiger partial charge in [-0.15, -0.1) is 0 Å². The molecular formula is C31H31Br2N3O. The third kappa shape index (κ3) is 6.31. The molecule has 0 radical (unpaired) electrons. The van der Waals surface area contributed by atoms with E-state index in [0.29, 0.717) is 6.04 Å². The van der Waals surface area contributed by atoms with Crippen LogP contribution in [-0.4, -0.2) is 34.4 Å². The summed E-state index contributed by atoms with van der Waals surface area (Å²) in [4.78, 5) is 20.4. The Bertz CT molecular complexity index is 1390. The van der Waals surface area contributed by atoms with Gasteiger partial charge in [0.2, 0.25) is 0 Å². The Morgan fingerprint density at radius 2 is 1.73 bits per heavy atom. The van der Waals surface area contributed by atoms with Crippen molar-refractivity contribution in [2.75, 3.05) is 6.54 Å². The van der Waals surface area contributed by atoms with Crippen LogP contribution in [0.25, 0.3) is 10.9 Å². The van der Waals surface area contributed by atoms with Crippen LogP contribution in [0.3, 0.4) is 0 Å². The lowest BCUT2D eigenvalue weighted by Gasteiger charge is -2.40. The molecule has 6 heteroatoms. The predicted octanol–water partition coefficient (Wildman–Crippen LogP) is 7.38. The number of likely N-dealkylation sites (tertiary alicyclic amines) is 1. The van der Waals surface area contributed by atoms with Gasteiger partial charge < -0.3 is 10.2 Å². The third-order valence-corrected chi connectivity index (χ3v) is 8.08. The molecular weight excluding hydrogens is 590 g/mol. The maximum Gasteiger partial charge on any atom is 0.254 e. The number of halogens is 2. The van der Waals surface area contributed by atoms with Crippen molar-refractivity contribution in [1.82, 2.24) is 15.2 Å². The summed E-state index contributed by atoms with van der Waals surface area (Å²) in [5, 5.41) is 4.99. The molecule has 1 N–H and O–H groups in total. The van der Waals surface area contributed by atoms with Gasteiger partial charge in [-0.2, -0.15) is 0 Å². The molecule has 1 saturated heterocycles. The minimum atomic E-state index is 0.106. The van der Waals surface area contributed by atoms with Gasteiger partial charge in [-0.3, -0.25) is 9.78 Å². The zero-order valence-electron chi connectivity index (χ0n) is 21.2. The van der Waals surface area contributed by atoms with Gasteiger partial charge in [0.1, 0.15) is 0 Å². The van der Waals surface area contributed by atoms with E-state index in [1.165, 1.54) is 16.5 Å². The van der Waals surface area contributed by atoms with Crippen LogP contribution < -0.4 is 5.32 Å². The van der Waals surface area contributed by atoms with Crippen LogP contribution in [0.5, 0.6) is 0 Å². The number of piperidine rings is 1. The number of benzene rings is 3. The highest BCUT2D eigenvalue weighted by Gasteiger charge is 2.32. The van der Waals surface area contributed by atoms with Crippen molar-refractivity contribution < 1.29 is 4.79 Å². The maximum absolute atomic E-state index is 13.8. The van der Waals surface area contributed by atoms with Crippen molar-refractivity contribution in [3.8, 4) is 0 Å². The molecule has 1 aromatic heterocycles. The van der Waals surface area contributed by atoms with Crippen LogP contribution >= 0.6 is 31.9 Å². The molecule has 3 aromatic carbocycles. The van der Waals surface area contributed by atoms with Crippen molar-refractivity contribution in [3.05, 3.63) is 110 Å². The molecule has 1 fully saturated rings. The molecule has 2 heterocycles. The second-order valence-electron chi connectivity index (χ2n) is 10.1. The van der Waals surface area contributed by atoms with E-state index >= 15 is 0 Å². The molecule has 0 saturated carbocycles. The Morgan fingerprint density at radius 1 is 1.00 bits per heavy atom. The Hall–Kier alpha value is -2.54. The quantitative estimate of drug-likeness (QED) is 0.245. The monoisotopic (exact) mass is 619 g/mol. The standard InChI is InChI=1S/C31H31Br2N3O/c1-20-11-21(2)13-24(12-20)31(37)36-10-8-27(18-28(36)16-22-14-25(32)17-26(33)15-22)35-19-23-7-9-34-30-6-4-3-5-29(23)30/h3-7,9,11-15,17,27-28,35H,8,10,16,18-19H2,1-2H3/t27-,28+/m0/s1. The molecule has 1 aliphatic heterocycles. The zero-order valence-corrected chi connectivity index (χ0v) is 24.3. The number of aromatic nitrogens is 1. The molecule has 4 nitrogen and oxygen atoms in total. The highest BCUT2D eigenvalue weighted by Crippen LogP contribution is 2.28. The topological polar surface area (TPSA) is 45.2 Å². The van der Waals surface area contributed by atoms with Gasteiger partial charge in [0.15, 0.2) is 0 Å². The zero-order chi connectivity index (χ0) is 25.9. The van der Waals surface area contributed by atoms with E-state index in [9.17, 15) is 4.79 Å². The summed E-state index contributed by atoms with van der Waals surface area (Å²) in [6.07, 6.45) is 4.53. The number of amides is 1. The van der Waals surface area contributed by atoms with Gasteiger partial charge in [-0.05, 0) is 86.7 Å². The van der Waals surface area contributed by atoms with E-state index in [1.807, 2.05) is 30.5 Å². The number of nitrogens with one attached hydrogen (secondary N) is 1. The van der Waals surface area contributed by atoms with Gasteiger partial charge in [0.25, 0.3) is 5.91 Å². The summed E-state index contributed by atoms with van der Waals surface area (Å²) < 4.78 is 2.08. The predicted molar refractivity (Wildman–Crippen MR) is 158 cm³/mol. The molecule has 0 aliphatic carbocycles. The first-order valence-corrected chi connectivity index (χ1v) is 14.3. The van der Waals surface area contributed by atoms with Crippen LogP contribution in [0.1, 0.15) is 45.5 Å². The molecule has 1 aliphatic rings. The number of nitrogens with zero attached hydrogens (tertiary/aromatic N) is 2. The highest BCUT2D eigenvalue weighted by molar-refractivity contribution is 9.11. The fourth-order valence-corrected chi connectivity index (χ4v) is 6.91. The molecule has 5 rings (SSSR count). The van der Waals surface area contributed by atoms with E-state index in [4.69, 9.17) is 0 Å². The molecule has 0 spiro atoms. The maximum atomic E-state index is 13.8.